The number of thioether (sulfide) groups is 1. The summed E-state index contributed by atoms with van der Waals surface area (Å²) in [5, 5.41) is 0.804. The van der Waals surface area contributed by atoms with Crippen LogP contribution in [0, 0.1) is 0 Å². The molecule has 0 bridgehead atoms. The lowest BCUT2D eigenvalue weighted by Crippen LogP contribution is -1.75. The van der Waals surface area contributed by atoms with Gasteiger partial charge in [-0.3, -0.25) is 0 Å². The zero-order valence-electron chi connectivity index (χ0n) is 6.79. The lowest BCUT2D eigenvalue weighted by atomic mass is 10.4. The zero-order chi connectivity index (χ0) is 8.81. The fourth-order valence-electron chi connectivity index (χ4n) is 0.817. The van der Waals surface area contributed by atoms with E-state index in [1.54, 1.807) is 11.8 Å². The fourth-order valence-corrected chi connectivity index (χ4v) is 1.98. The molecule has 0 aliphatic carbocycles. The smallest absolute Gasteiger partial charge is 0.0417 e. The van der Waals surface area contributed by atoms with Crippen LogP contribution in [0.4, 0.5) is 0 Å². The van der Waals surface area contributed by atoms with Crippen molar-refractivity contribution in [3.05, 3.63) is 41.9 Å². The number of halogens is 1. The molecule has 0 aliphatic rings. The lowest BCUT2D eigenvalue weighted by Gasteiger charge is -1.98. The molecule has 1 aromatic carbocycles. The first-order chi connectivity index (χ1) is 5.83. The Bertz CT molecular complexity index is 258. The van der Waals surface area contributed by atoms with Crippen LogP contribution in [0.25, 0.3) is 0 Å². The summed E-state index contributed by atoms with van der Waals surface area (Å²) in [6.07, 6.45) is 2.97. The maximum atomic E-state index is 5.82. The molecule has 0 nitrogen and oxygen atoms in total. The van der Waals surface area contributed by atoms with Crippen LogP contribution in [0.1, 0.15) is 6.42 Å². The van der Waals surface area contributed by atoms with Gasteiger partial charge < -0.3 is 0 Å². The molecule has 12 heavy (non-hydrogen) atoms. The molecule has 0 aliphatic heterocycles. The third kappa shape index (κ3) is 3.33. The molecule has 0 radical (unpaired) electrons. The van der Waals surface area contributed by atoms with Crippen molar-refractivity contribution in [3.8, 4) is 0 Å². The fraction of sp³-hybridized carbons (Fsp3) is 0.200. The van der Waals surface area contributed by atoms with E-state index < -0.39 is 0 Å². The van der Waals surface area contributed by atoms with E-state index in [9.17, 15) is 0 Å². The quantitative estimate of drug-likeness (QED) is 0.400. The van der Waals surface area contributed by atoms with E-state index in [-0.39, 0.29) is 0 Å². The van der Waals surface area contributed by atoms with Crippen molar-refractivity contribution in [2.75, 3.05) is 5.75 Å². The average Bonchev–Trinajstić information content (AvgIpc) is 2.05. The summed E-state index contributed by atoms with van der Waals surface area (Å²) in [6, 6.07) is 7.91. The number of allylic oxidation sites excluding steroid dienone is 1. The molecule has 0 aromatic heterocycles. The Balaban J connectivity index is 2.46. The van der Waals surface area contributed by atoms with E-state index in [0.717, 1.165) is 17.2 Å². The molecule has 0 N–H and O–H groups in total. The third-order valence-corrected chi connectivity index (χ3v) is 2.65. The minimum atomic E-state index is 0.804. The van der Waals surface area contributed by atoms with Gasteiger partial charge in [0.2, 0.25) is 0 Å². The molecule has 0 saturated heterocycles. The summed E-state index contributed by atoms with van der Waals surface area (Å²) < 4.78 is 0. The van der Waals surface area contributed by atoms with Crippen molar-refractivity contribution in [2.45, 2.75) is 11.3 Å². The standard InChI is InChI=1S/C10H11ClS/c1-2-3-7-12-10-6-4-5-9(11)8-10/h2,4-6,8H,1,3,7H2. The Morgan fingerprint density at radius 1 is 1.50 bits per heavy atom. The van der Waals surface area contributed by atoms with Crippen LogP contribution in [0.2, 0.25) is 5.02 Å². The molecule has 1 aromatic rings. The third-order valence-electron chi connectivity index (χ3n) is 1.39. The van der Waals surface area contributed by atoms with Gasteiger partial charge in [0.25, 0.3) is 0 Å². The maximum Gasteiger partial charge on any atom is 0.0417 e. The summed E-state index contributed by atoms with van der Waals surface area (Å²) >= 11 is 7.63. The summed E-state index contributed by atoms with van der Waals surface area (Å²) in [7, 11) is 0. The predicted octanol–water partition coefficient (Wildman–Crippen LogP) is 4.01. The highest BCUT2D eigenvalue weighted by Gasteiger charge is 1.92. The van der Waals surface area contributed by atoms with Gasteiger partial charge in [-0.15, -0.1) is 18.3 Å². The number of hydrogen-bond donors (Lipinski definition) is 0. The molecule has 0 spiro atoms. The molecule has 0 unspecified atom stereocenters. The van der Waals surface area contributed by atoms with Crippen molar-refractivity contribution >= 4 is 23.4 Å². The Kier molecular flexibility index (Phi) is 4.26. The molecule has 2 heteroatoms. The Morgan fingerprint density at radius 3 is 3.00 bits per heavy atom. The van der Waals surface area contributed by atoms with E-state index in [2.05, 4.69) is 12.6 Å². The second kappa shape index (κ2) is 5.28. The first kappa shape index (κ1) is 9.69. The van der Waals surface area contributed by atoms with Gasteiger partial charge >= 0.3 is 0 Å². The van der Waals surface area contributed by atoms with Crippen LogP contribution < -0.4 is 0 Å². The molecule has 0 heterocycles. The minimum Gasteiger partial charge on any atom is -0.126 e. The first-order valence-corrected chi connectivity index (χ1v) is 5.18. The second-order valence-corrected chi connectivity index (χ2v) is 3.99. The highest BCUT2D eigenvalue weighted by molar-refractivity contribution is 7.99. The molecule has 0 fully saturated rings. The molecular weight excluding hydrogens is 188 g/mol. The minimum absolute atomic E-state index is 0.804. The van der Waals surface area contributed by atoms with Crippen molar-refractivity contribution in [3.63, 3.8) is 0 Å². The van der Waals surface area contributed by atoms with Crippen molar-refractivity contribution < 1.29 is 0 Å². The van der Waals surface area contributed by atoms with Gasteiger partial charge in [0.1, 0.15) is 0 Å². The SMILES string of the molecule is C=CCCSc1cccc(Cl)c1. The molecule has 64 valence electrons. The topological polar surface area (TPSA) is 0 Å². The van der Waals surface area contributed by atoms with E-state index >= 15 is 0 Å². The van der Waals surface area contributed by atoms with Gasteiger partial charge in [-0.05, 0) is 24.6 Å². The highest BCUT2D eigenvalue weighted by atomic mass is 35.5. The Labute approximate surface area is 82.6 Å². The van der Waals surface area contributed by atoms with E-state index in [4.69, 9.17) is 11.6 Å². The van der Waals surface area contributed by atoms with Gasteiger partial charge in [0.05, 0.1) is 0 Å². The summed E-state index contributed by atoms with van der Waals surface area (Å²) in [4.78, 5) is 1.23. The lowest BCUT2D eigenvalue weighted by molar-refractivity contribution is 1.24. The van der Waals surface area contributed by atoms with Crippen molar-refractivity contribution in [1.82, 2.24) is 0 Å². The first-order valence-electron chi connectivity index (χ1n) is 3.82. The highest BCUT2D eigenvalue weighted by Crippen LogP contribution is 2.21. The summed E-state index contributed by atoms with van der Waals surface area (Å²) in [5.41, 5.74) is 0. The average molecular weight is 199 g/mol. The monoisotopic (exact) mass is 198 g/mol. The maximum absolute atomic E-state index is 5.82. The molecule has 0 amide bonds. The van der Waals surface area contributed by atoms with E-state index in [0.29, 0.717) is 0 Å². The van der Waals surface area contributed by atoms with Crippen molar-refractivity contribution in [1.29, 1.82) is 0 Å². The van der Waals surface area contributed by atoms with Crippen LogP contribution in [-0.2, 0) is 0 Å². The van der Waals surface area contributed by atoms with Gasteiger partial charge in [-0.2, -0.15) is 0 Å². The molecule has 1 rings (SSSR count). The van der Waals surface area contributed by atoms with Gasteiger partial charge in [-0.1, -0.05) is 23.7 Å². The van der Waals surface area contributed by atoms with E-state index in [1.807, 2.05) is 24.3 Å². The molecular formula is C10H11ClS. The van der Waals surface area contributed by atoms with Crippen molar-refractivity contribution in [2.24, 2.45) is 0 Å². The summed E-state index contributed by atoms with van der Waals surface area (Å²) in [6.45, 7) is 3.67. The number of benzene rings is 1. The van der Waals surface area contributed by atoms with Crippen LogP contribution in [0.15, 0.2) is 41.8 Å². The van der Waals surface area contributed by atoms with Crippen LogP contribution >= 0.6 is 23.4 Å². The normalized spacial score (nSPS) is 9.75. The zero-order valence-corrected chi connectivity index (χ0v) is 8.37. The van der Waals surface area contributed by atoms with Crippen LogP contribution in [0.5, 0.6) is 0 Å². The van der Waals surface area contributed by atoms with E-state index in [1.165, 1.54) is 4.90 Å². The molecule has 0 atom stereocenters. The van der Waals surface area contributed by atoms with Crippen LogP contribution in [-0.4, -0.2) is 5.75 Å². The Hall–Kier alpha value is -0.400. The van der Waals surface area contributed by atoms with Gasteiger partial charge in [0.15, 0.2) is 0 Å². The van der Waals surface area contributed by atoms with Gasteiger partial charge in [0, 0.05) is 15.7 Å². The number of rotatable bonds is 4. The number of hydrogen-bond acceptors (Lipinski definition) is 1. The Morgan fingerprint density at radius 2 is 2.33 bits per heavy atom. The predicted molar refractivity (Wildman–Crippen MR) is 57.0 cm³/mol. The molecule has 0 saturated carbocycles. The largest absolute Gasteiger partial charge is 0.126 e. The van der Waals surface area contributed by atoms with Crippen LogP contribution in [0.3, 0.4) is 0 Å². The van der Waals surface area contributed by atoms with Gasteiger partial charge in [-0.25, -0.2) is 0 Å². The second-order valence-electron chi connectivity index (χ2n) is 2.38. The summed E-state index contributed by atoms with van der Waals surface area (Å²) in [5.74, 6) is 1.07.